The molecule has 0 radical (unpaired) electrons. The second-order valence-corrected chi connectivity index (χ2v) is 5.35. The van der Waals surface area contributed by atoms with Gasteiger partial charge in [-0.15, -0.1) is 0 Å². The van der Waals surface area contributed by atoms with Crippen LogP contribution in [0.15, 0.2) is 33.2 Å². The molecule has 17 heavy (non-hydrogen) atoms. The fourth-order valence-electron chi connectivity index (χ4n) is 1.30. The third-order valence-electron chi connectivity index (χ3n) is 2.09. The molecule has 0 aromatic rings. The first-order valence-corrected chi connectivity index (χ1v) is 6.43. The van der Waals surface area contributed by atoms with Crippen molar-refractivity contribution in [3.63, 3.8) is 0 Å². The highest BCUT2D eigenvalue weighted by Crippen LogP contribution is 2.39. The van der Waals surface area contributed by atoms with Crippen LogP contribution in [0, 0.1) is 0 Å². The molecular weight excluding hydrogens is 253 g/mol. The summed E-state index contributed by atoms with van der Waals surface area (Å²) >= 11 is 0. The van der Waals surface area contributed by atoms with Crippen LogP contribution >= 0.6 is 10.9 Å². The monoisotopic (exact) mass is 266 g/mol. The maximum Gasteiger partial charge on any atom is 0.301 e. The number of oxime groups is 1. The summed E-state index contributed by atoms with van der Waals surface area (Å²) in [4.78, 5) is 9.41. The summed E-state index contributed by atoms with van der Waals surface area (Å²) in [5.74, 6) is -1.06. The van der Waals surface area contributed by atoms with Crippen molar-refractivity contribution in [2.45, 2.75) is 13.3 Å². The molecule has 1 unspecified atom stereocenters. The summed E-state index contributed by atoms with van der Waals surface area (Å²) in [6.45, 7) is 1.74. The van der Waals surface area contributed by atoms with Crippen LogP contribution in [0.1, 0.15) is 13.3 Å². The fourth-order valence-corrected chi connectivity index (χ4v) is 3.11. The molecule has 0 spiro atoms. The van der Waals surface area contributed by atoms with E-state index in [4.69, 9.17) is 0 Å². The number of nitrogens with zero attached hydrogens (tertiary/aromatic N) is 2. The Bertz CT molecular complexity index is 400. The van der Waals surface area contributed by atoms with Crippen molar-refractivity contribution >= 4 is 22.2 Å². The molecule has 1 atom stereocenters. The topological polar surface area (TPSA) is 34.0 Å². The number of hydrogen-bond donors (Lipinski definition) is 1. The molecule has 0 aromatic carbocycles. The maximum atomic E-state index is 12.7. The first-order chi connectivity index (χ1) is 8.06. The molecular formula is C10H13F3N2OS. The largest absolute Gasteiger partial charge is 0.399 e. The molecule has 96 valence electrons. The van der Waals surface area contributed by atoms with Crippen LogP contribution < -0.4 is 0 Å². The van der Waals surface area contributed by atoms with E-state index >= 15 is 0 Å². The van der Waals surface area contributed by atoms with E-state index in [1.807, 2.05) is 0 Å². The zero-order valence-corrected chi connectivity index (χ0v) is 10.3. The molecule has 0 fully saturated rings. The van der Waals surface area contributed by atoms with Crippen molar-refractivity contribution in [2.75, 3.05) is 12.9 Å². The number of allylic oxidation sites excluding steroid dienone is 2. The minimum Gasteiger partial charge on any atom is -0.399 e. The summed E-state index contributed by atoms with van der Waals surface area (Å²) in [6.07, 6.45) is -0.918. The zero-order valence-electron chi connectivity index (χ0n) is 9.45. The minimum atomic E-state index is -2.25. The summed E-state index contributed by atoms with van der Waals surface area (Å²) in [6, 6.07) is 0. The second-order valence-electron chi connectivity index (χ2n) is 3.25. The number of rotatable bonds is 5. The van der Waals surface area contributed by atoms with Gasteiger partial charge >= 0.3 is 6.08 Å². The highest BCUT2D eigenvalue weighted by atomic mass is 32.2. The van der Waals surface area contributed by atoms with Gasteiger partial charge < -0.3 is 4.84 Å². The lowest BCUT2D eigenvalue weighted by Gasteiger charge is -2.15. The van der Waals surface area contributed by atoms with E-state index in [2.05, 4.69) is 15.0 Å². The van der Waals surface area contributed by atoms with E-state index in [1.54, 1.807) is 18.7 Å². The Morgan fingerprint density at radius 1 is 1.47 bits per heavy atom. The predicted molar refractivity (Wildman–Crippen MR) is 65.5 cm³/mol. The molecule has 1 aliphatic heterocycles. The van der Waals surface area contributed by atoms with Crippen molar-refractivity contribution in [2.24, 2.45) is 10.1 Å². The highest BCUT2D eigenvalue weighted by molar-refractivity contribution is 8.32. The molecule has 0 amide bonds. The van der Waals surface area contributed by atoms with Gasteiger partial charge in [-0.1, -0.05) is 5.16 Å². The predicted octanol–water partition coefficient (Wildman–Crippen LogP) is 3.36. The van der Waals surface area contributed by atoms with E-state index in [-0.39, 0.29) is 6.42 Å². The summed E-state index contributed by atoms with van der Waals surface area (Å²) in [5.41, 5.74) is 2.30. The average Bonchev–Trinajstić information content (AvgIpc) is 2.74. The van der Waals surface area contributed by atoms with Gasteiger partial charge in [0, 0.05) is 23.1 Å². The van der Waals surface area contributed by atoms with Crippen LogP contribution in [0.25, 0.3) is 0 Å². The van der Waals surface area contributed by atoms with E-state index < -0.39 is 22.8 Å². The first kappa shape index (κ1) is 13.8. The number of hydrogen-bond acceptors (Lipinski definition) is 3. The van der Waals surface area contributed by atoms with E-state index in [1.165, 1.54) is 7.11 Å². The van der Waals surface area contributed by atoms with Gasteiger partial charge in [0.15, 0.2) is 5.83 Å². The van der Waals surface area contributed by atoms with Crippen molar-refractivity contribution in [1.82, 2.24) is 0 Å². The van der Waals surface area contributed by atoms with E-state index in [9.17, 15) is 13.2 Å². The Morgan fingerprint density at radius 2 is 2.18 bits per heavy atom. The third-order valence-corrected chi connectivity index (χ3v) is 4.26. The minimum absolute atomic E-state index is 0.280. The van der Waals surface area contributed by atoms with Gasteiger partial charge in [0.1, 0.15) is 7.11 Å². The van der Waals surface area contributed by atoms with E-state index in [0.29, 0.717) is 11.5 Å². The smallest absolute Gasteiger partial charge is 0.301 e. The molecule has 0 aromatic heterocycles. The van der Waals surface area contributed by atoms with Crippen molar-refractivity contribution in [1.29, 1.82) is 0 Å². The number of aliphatic imine (C=N–C) groups is 1. The molecule has 0 bridgehead atoms. The lowest BCUT2D eigenvalue weighted by Crippen LogP contribution is -2.01. The van der Waals surface area contributed by atoms with Crippen LogP contribution in [-0.4, -0.2) is 24.1 Å². The van der Waals surface area contributed by atoms with E-state index in [0.717, 1.165) is 4.91 Å². The third kappa shape index (κ3) is 3.92. The number of thiol groups is 1. The van der Waals surface area contributed by atoms with Crippen molar-refractivity contribution in [3.05, 3.63) is 23.0 Å². The molecule has 0 saturated carbocycles. The van der Waals surface area contributed by atoms with Crippen molar-refractivity contribution < 1.29 is 18.0 Å². The van der Waals surface area contributed by atoms with Gasteiger partial charge in [-0.3, -0.25) is 4.99 Å². The highest BCUT2D eigenvalue weighted by Gasteiger charge is 2.17. The zero-order chi connectivity index (χ0) is 12.8. The van der Waals surface area contributed by atoms with Gasteiger partial charge in [-0.25, -0.2) is 4.39 Å². The van der Waals surface area contributed by atoms with Gasteiger partial charge in [-0.05, 0) is 12.7 Å². The summed E-state index contributed by atoms with van der Waals surface area (Å²) in [7, 11) is 0.554. The van der Waals surface area contributed by atoms with Gasteiger partial charge in [0.25, 0.3) is 0 Å². The van der Waals surface area contributed by atoms with Crippen molar-refractivity contribution in [3.8, 4) is 0 Å². The Kier molecular flexibility index (Phi) is 5.27. The average molecular weight is 266 g/mol. The Hall–Kier alpha value is -1.24. The summed E-state index contributed by atoms with van der Waals surface area (Å²) < 4.78 is 36.5. The molecule has 7 heteroatoms. The second kappa shape index (κ2) is 6.48. The normalized spacial score (nSPS) is 21.4. The first-order valence-electron chi connectivity index (χ1n) is 4.84. The molecule has 1 rings (SSSR count). The molecule has 0 N–H and O–H groups in total. The summed E-state index contributed by atoms with van der Waals surface area (Å²) in [5, 5.41) is 3.75. The fraction of sp³-hybridized carbons (Fsp3) is 0.400. The van der Waals surface area contributed by atoms with Crippen LogP contribution in [0.2, 0.25) is 0 Å². The Balaban J connectivity index is 2.61. The maximum absolute atomic E-state index is 12.7. The standard InChI is InChI=1S/C10H13F3N2OS/c1-7(15-16-2)9-5-14-6-17(9)4-3-8(11)10(12)13/h5-6,17H,3-4H2,1-2H3/b15-7-. The molecule has 0 saturated heterocycles. The molecule has 0 aliphatic carbocycles. The molecule has 1 heterocycles. The van der Waals surface area contributed by atoms with Crippen LogP contribution in [0.4, 0.5) is 13.2 Å². The lowest BCUT2D eigenvalue weighted by atomic mass is 10.4. The van der Waals surface area contributed by atoms with Gasteiger partial charge in [-0.2, -0.15) is 19.7 Å². The lowest BCUT2D eigenvalue weighted by molar-refractivity contribution is 0.213. The Labute approximate surface area is 100 Å². The molecule has 1 aliphatic rings. The molecule has 3 nitrogen and oxygen atoms in total. The Morgan fingerprint density at radius 3 is 2.76 bits per heavy atom. The number of halogens is 3. The quantitative estimate of drug-likeness (QED) is 0.462. The van der Waals surface area contributed by atoms with Crippen LogP contribution in [0.5, 0.6) is 0 Å². The van der Waals surface area contributed by atoms with Gasteiger partial charge in [0.2, 0.25) is 0 Å². The van der Waals surface area contributed by atoms with Crippen LogP contribution in [0.3, 0.4) is 0 Å². The van der Waals surface area contributed by atoms with Crippen LogP contribution in [-0.2, 0) is 4.84 Å². The SMILES string of the molecule is CO/N=C(/C)C1=CN=C[SH]1CCC(F)=C(F)F. The van der Waals surface area contributed by atoms with Gasteiger partial charge in [0.05, 0.1) is 5.71 Å².